The van der Waals surface area contributed by atoms with E-state index in [9.17, 15) is 4.79 Å². The molecule has 1 aliphatic carbocycles. The molecule has 1 saturated carbocycles. The number of fused-ring (bicyclic) bond motifs is 1. The third-order valence-corrected chi connectivity index (χ3v) is 6.33. The van der Waals surface area contributed by atoms with Crippen molar-refractivity contribution in [2.24, 2.45) is 5.92 Å². The van der Waals surface area contributed by atoms with Crippen LogP contribution in [0.15, 0.2) is 12.1 Å². The van der Waals surface area contributed by atoms with Gasteiger partial charge in [0.2, 0.25) is 5.91 Å². The zero-order valence-corrected chi connectivity index (χ0v) is 15.2. The fourth-order valence-electron chi connectivity index (χ4n) is 4.55. The average molecular weight is 354 g/mol. The van der Waals surface area contributed by atoms with Gasteiger partial charge >= 0.3 is 0 Å². The van der Waals surface area contributed by atoms with Gasteiger partial charge in [-0.15, -0.1) is 15.3 Å². The lowest BCUT2D eigenvalue weighted by atomic mass is 9.94. The Morgan fingerprint density at radius 2 is 1.69 bits per heavy atom. The van der Waals surface area contributed by atoms with Crippen LogP contribution in [-0.2, 0) is 4.79 Å². The molecule has 0 unspecified atom stereocenters. The van der Waals surface area contributed by atoms with Crippen LogP contribution in [0.4, 0.5) is 5.82 Å². The average Bonchev–Trinajstić information content (AvgIpc) is 3.29. The van der Waals surface area contributed by atoms with Gasteiger partial charge < -0.3 is 9.80 Å². The van der Waals surface area contributed by atoms with Crippen molar-refractivity contribution in [3.63, 3.8) is 0 Å². The van der Waals surface area contributed by atoms with Crippen LogP contribution < -0.4 is 4.90 Å². The van der Waals surface area contributed by atoms with Gasteiger partial charge in [0.1, 0.15) is 5.82 Å². The van der Waals surface area contributed by atoms with Crippen molar-refractivity contribution in [1.29, 1.82) is 0 Å². The van der Waals surface area contributed by atoms with Crippen molar-refractivity contribution in [1.82, 2.24) is 24.7 Å². The van der Waals surface area contributed by atoms with Crippen LogP contribution in [0.2, 0.25) is 0 Å². The highest BCUT2D eigenvalue weighted by atomic mass is 16.2. The zero-order chi connectivity index (χ0) is 17.5. The molecule has 5 rings (SSSR count). The number of amides is 1. The highest BCUT2D eigenvalue weighted by Crippen LogP contribution is 2.31. The molecule has 0 spiro atoms. The maximum absolute atomic E-state index is 12.6. The first-order chi connectivity index (χ1) is 12.8. The van der Waals surface area contributed by atoms with Crippen LogP contribution in [0, 0.1) is 5.92 Å². The normalized spacial score (nSPS) is 22.2. The van der Waals surface area contributed by atoms with Crippen molar-refractivity contribution >= 4 is 17.4 Å². The predicted octanol–water partition coefficient (Wildman–Crippen LogP) is 2.23. The molecule has 3 aliphatic rings. The fourth-order valence-corrected chi connectivity index (χ4v) is 4.55. The Morgan fingerprint density at radius 1 is 0.923 bits per heavy atom. The van der Waals surface area contributed by atoms with Gasteiger partial charge in [-0.3, -0.25) is 4.79 Å². The summed E-state index contributed by atoms with van der Waals surface area (Å²) in [5, 5.41) is 13.5. The summed E-state index contributed by atoms with van der Waals surface area (Å²) < 4.78 is 1.92. The van der Waals surface area contributed by atoms with E-state index in [4.69, 9.17) is 5.10 Å². The Hall–Kier alpha value is -2.18. The first-order valence-corrected chi connectivity index (χ1v) is 10.1. The molecular weight excluding hydrogens is 328 g/mol. The summed E-state index contributed by atoms with van der Waals surface area (Å²) in [4.78, 5) is 17.0. The molecule has 0 N–H and O–H groups in total. The molecule has 4 heterocycles. The zero-order valence-electron chi connectivity index (χ0n) is 15.2. The number of anilines is 1. The number of carbonyl (C=O) groups excluding carboxylic acids is 1. The Morgan fingerprint density at radius 3 is 2.38 bits per heavy atom. The van der Waals surface area contributed by atoms with Gasteiger partial charge in [-0.05, 0) is 44.2 Å². The molecule has 2 saturated heterocycles. The molecule has 0 aromatic carbocycles. The van der Waals surface area contributed by atoms with E-state index in [0.29, 0.717) is 11.8 Å². The lowest BCUT2D eigenvalue weighted by Crippen LogP contribution is -2.41. The second-order valence-electron chi connectivity index (χ2n) is 7.94. The van der Waals surface area contributed by atoms with Gasteiger partial charge in [0, 0.05) is 38.0 Å². The second-order valence-corrected chi connectivity index (χ2v) is 7.94. The second kappa shape index (κ2) is 6.52. The Balaban J connectivity index is 1.30. The monoisotopic (exact) mass is 354 g/mol. The van der Waals surface area contributed by atoms with Gasteiger partial charge in [-0.25, -0.2) is 0 Å². The Kier molecular flexibility index (Phi) is 4.02. The van der Waals surface area contributed by atoms with Gasteiger partial charge in [0.05, 0.1) is 0 Å². The van der Waals surface area contributed by atoms with Crippen molar-refractivity contribution in [3.8, 4) is 0 Å². The quantitative estimate of drug-likeness (QED) is 0.846. The highest BCUT2D eigenvalue weighted by Gasteiger charge is 2.32. The molecule has 2 aliphatic heterocycles. The van der Waals surface area contributed by atoms with Crippen LogP contribution >= 0.6 is 0 Å². The van der Waals surface area contributed by atoms with Gasteiger partial charge in [0.25, 0.3) is 0 Å². The molecule has 0 bridgehead atoms. The molecule has 138 valence electrons. The third kappa shape index (κ3) is 2.73. The van der Waals surface area contributed by atoms with E-state index in [1.54, 1.807) is 0 Å². The molecular formula is C19H26N6O. The summed E-state index contributed by atoms with van der Waals surface area (Å²) in [5.74, 6) is 2.96. The predicted molar refractivity (Wildman–Crippen MR) is 98.1 cm³/mol. The molecule has 0 radical (unpaired) electrons. The number of likely N-dealkylation sites (tertiary alicyclic amines) is 1. The Labute approximate surface area is 153 Å². The van der Waals surface area contributed by atoms with Crippen LogP contribution in [-0.4, -0.2) is 56.8 Å². The highest BCUT2D eigenvalue weighted by molar-refractivity contribution is 5.79. The van der Waals surface area contributed by atoms with Gasteiger partial charge in [-0.2, -0.15) is 4.52 Å². The topological polar surface area (TPSA) is 66.6 Å². The minimum atomic E-state index is 0.279. The summed E-state index contributed by atoms with van der Waals surface area (Å²) >= 11 is 0. The van der Waals surface area contributed by atoms with Gasteiger partial charge in [0.15, 0.2) is 11.5 Å². The maximum Gasteiger partial charge on any atom is 0.225 e. The lowest BCUT2D eigenvalue weighted by molar-refractivity contribution is -0.136. The van der Waals surface area contributed by atoms with Gasteiger partial charge in [-0.1, -0.05) is 12.8 Å². The van der Waals surface area contributed by atoms with E-state index in [1.165, 1.54) is 19.3 Å². The number of piperidine rings is 1. The molecule has 26 heavy (non-hydrogen) atoms. The van der Waals surface area contributed by atoms with Crippen LogP contribution in [0.25, 0.3) is 5.65 Å². The summed E-state index contributed by atoms with van der Waals surface area (Å²) in [6.07, 6.45) is 7.73. The largest absolute Gasteiger partial charge is 0.355 e. The molecule has 2 aromatic rings. The number of hydrogen-bond donors (Lipinski definition) is 0. The Bertz CT molecular complexity index is 799. The van der Waals surface area contributed by atoms with E-state index in [1.807, 2.05) is 16.6 Å². The number of carbonyl (C=O) groups is 1. The van der Waals surface area contributed by atoms with E-state index in [0.717, 1.165) is 69.2 Å². The van der Waals surface area contributed by atoms with Crippen LogP contribution in [0.1, 0.15) is 56.7 Å². The molecule has 7 heteroatoms. The van der Waals surface area contributed by atoms with Crippen molar-refractivity contribution in [3.05, 3.63) is 18.0 Å². The minimum absolute atomic E-state index is 0.279. The fraction of sp³-hybridized carbons (Fsp3) is 0.684. The summed E-state index contributed by atoms with van der Waals surface area (Å²) in [7, 11) is 0. The van der Waals surface area contributed by atoms with E-state index in [-0.39, 0.29) is 5.92 Å². The molecule has 7 nitrogen and oxygen atoms in total. The molecule has 1 amide bonds. The molecule has 3 fully saturated rings. The van der Waals surface area contributed by atoms with E-state index < -0.39 is 0 Å². The van der Waals surface area contributed by atoms with Crippen molar-refractivity contribution < 1.29 is 4.79 Å². The lowest BCUT2D eigenvalue weighted by Gasteiger charge is -2.33. The summed E-state index contributed by atoms with van der Waals surface area (Å²) in [5.41, 5.74) is 0.814. The first-order valence-electron chi connectivity index (χ1n) is 10.1. The van der Waals surface area contributed by atoms with Crippen molar-refractivity contribution in [2.75, 3.05) is 31.1 Å². The number of rotatable bonds is 3. The third-order valence-electron chi connectivity index (χ3n) is 6.33. The summed E-state index contributed by atoms with van der Waals surface area (Å²) in [6, 6.07) is 4.05. The molecule has 2 aromatic heterocycles. The standard InChI is InChI=1S/C19H26N6O/c26-19(15-4-1-2-5-15)24-12-8-14(9-13-24)18-21-20-16-6-7-17(22-25(16)18)23-10-3-11-23/h6-7,14-15H,1-5,8-13H2. The summed E-state index contributed by atoms with van der Waals surface area (Å²) in [6.45, 7) is 3.83. The van der Waals surface area contributed by atoms with Crippen LogP contribution in [0.5, 0.6) is 0 Å². The number of nitrogens with zero attached hydrogens (tertiary/aromatic N) is 6. The molecule has 0 atom stereocenters. The number of hydrogen-bond acceptors (Lipinski definition) is 5. The van der Waals surface area contributed by atoms with Crippen molar-refractivity contribution in [2.45, 2.75) is 50.9 Å². The van der Waals surface area contributed by atoms with Crippen LogP contribution in [0.3, 0.4) is 0 Å². The van der Waals surface area contributed by atoms with E-state index in [2.05, 4.69) is 20.0 Å². The minimum Gasteiger partial charge on any atom is -0.355 e. The van der Waals surface area contributed by atoms with E-state index >= 15 is 0 Å². The SMILES string of the molecule is O=C(C1CCCC1)N1CCC(c2nnc3ccc(N4CCC4)nn23)CC1. The first kappa shape index (κ1) is 16.0. The smallest absolute Gasteiger partial charge is 0.225 e. The maximum atomic E-state index is 12.6. The number of aromatic nitrogens is 4.